The summed E-state index contributed by atoms with van der Waals surface area (Å²) in [5.74, 6) is -1.57. The maximum absolute atomic E-state index is 14.2. The Morgan fingerprint density at radius 3 is 2.49 bits per heavy atom. The van der Waals surface area contributed by atoms with Crippen LogP contribution < -0.4 is 9.76 Å². The standard InChI is InChI=1S/C26H34N3O7P/c1-8-35-26(32)23-16(4)21(27-17(23)5)13-20-19-11-9-10-12-22(19)29(24(20)30)37(33,14-34-7)28-18(6)25(31)36-15(2)3/h9-13,15,18,27H,8,14H2,1-7H3,(H,28,33)/b20-13-. The van der Waals surface area contributed by atoms with E-state index in [9.17, 15) is 18.9 Å². The van der Waals surface area contributed by atoms with Gasteiger partial charge in [0.25, 0.3) is 13.4 Å². The average Bonchev–Trinajstić information content (AvgIpc) is 3.26. The Hall–Kier alpha value is -3.20. The molecule has 2 atom stereocenters. The number of nitrogens with one attached hydrogen (secondary N) is 2. The summed E-state index contributed by atoms with van der Waals surface area (Å²) in [6, 6.07) is 5.99. The second-order valence-electron chi connectivity index (χ2n) is 9.03. The number of methoxy groups -OCH3 is 1. The first kappa shape index (κ1) is 28.4. The number of anilines is 1. The van der Waals surface area contributed by atoms with Crippen molar-refractivity contribution in [2.75, 3.05) is 24.7 Å². The smallest absolute Gasteiger partial charge is 0.340 e. The molecule has 2 N–H and O–H groups in total. The average molecular weight is 532 g/mol. The number of esters is 2. The largest absolute Gasteiger partial charge is 0.462 e. The summed E-state index contributed by atoms with van der Waals surface area (Å²) in [5.41, 5.74) is 3.48. The Balaban J connectivity index is 2.07. The second kappa shape index (κ2) is 11.5. The molecule has 0 aliphatic carbocycles. The SMILES string of the molecule is CCOC(=O)c1c(C)[nH]c(/C=C2\C(=O)N(P(=O)(COC)NC(C)C(=O)OC(C)C)c3ccccc32)c1C. The number of amides is 1. The summed E-state index contributed by atoms with van der Waals surface area (Å²) in [7, 11) is -2.43. The van der Waals surface area contributed by atoms with E-state index in [0.717, 1.165) is 0 Å². The quantitative estimate of drug-likeness (QED) is 0.262. The molecule has 0 saturated carbocycles. The lowest BCUT2D eigenvalue weighted by Gasteiger charge is -2.30. The number of rotatable bonds is 10. The van der Waals surface area contributed by atoms with Crippen LogP contribution in [0.1, 0.15) is 60.6 Å². The number of carbonyl (C=O) groups is 3. The second-order valence-corrected chi connectivity index (χ2v) is 11.4. The van der Waals surface area contributed by atoms with Crippen LogP contribution in [0.4, 0.5) is 5.69 Å². The topological polar surface area (TPSA) is 127 Å². The van der Waals surface area contributed by atoms with Crippen LogP contribution in [0.2, 0.25) is 0 Å². The molecule has 10 nitrogen and oxygen atoms in total. The molecule has 2 unspecified atom stereocenters. The third-order valence-corrected chi connectivity index (χ3v) is 8.26. The lowest BCUT2D eigenvalue weighted by atomic mass is 10.0. The number of aryl methyl sites for hydroxylation is 1. The Labute approximate surface area is 216 Å². The first-order chi connectivity index (χ1) is 17.4. The van der Waals surface area contributed by atoms with Crippen LogP contribution in [0.25, 0.3) is 11.6 Å². The molecular formula is C26H34N3O7P. The van der Waals surface area contributed by atoms with Gasteiger partial charge < -0.3 is 19.2 Å². The molecule has 1 aliphatic rings. The predicted molar refractivity (Wildman–Crippen MR) is 141 cm³/mol. The fourth-order valence-corrected chi connectivity index (χ4v) is 6.56. The maximum Gasteiger partial charge on any atom is 0.340 e. The Morgan fingerprint density at radius 2 is 1.86 bits per heavy atom. The summed E-state index contributed by atoms with van der Waals surface area (Å²) in [6.07, 6.45) is 0.960. The fraction of sp³-hybridized carbons (Fsp3) is 0.423. The zero-order valence-electron chi connectivity index (χ0n) is 22.2. The van der Waals surface area contributed by atoms with Gasteiger partial charge in [0.2, 0.25) is 0 Å². The van der Waals surface area contributed by atoms with Gasteiger partial charge in [0, 0.05) is 24.1 Å². The van der Waals surface area contributed by atoms with Gasteiger partial charge in [0.1, 0.15) is 12.4 Å². The van der Waals surface area contributed by atoms with Crippen LogP contribution in [-0.2, 0) is 28.4 Å². The van der Waals surface area contributed by atoms with Gasteiger partial charge in [-0.3, -0.25) is 14.2 Å². The number of nitrogens with zero attached hydrogens (tertiary/aromatic N) is 1. The third-order valence-electron chi connectivity index (χ3n) is 5.82. The zero-order valence-corrected chi connectivity index (χ0v) is 23.1. The normalized spacial score (nSPS) is 16.6. The predicted octanol–water partition coefficient (Wildman–Crippen LogP) is 4.42. The number of aromatic nitrogens is 1. The highest BCUT2D eigenvalue weighted by Crippen LogP contribution is 2.55. The Kier molecular flexibility index (Phi) is 8.79. The van der Waals surface area contributed by atoms with E-state index < -0.39 is 31.3 Å². The van der Waals surface area contributed by atoms with Crippen molar-refractivity contribution >= 4 is 42.6 Å². The monoisotopic (exact) mass is 531 g/mol. The van der Waals surface area contributed by atoms with Crippen LogP contribution in [0.15, 0.2) is 24.3 Å². The lowest BCUT2D eigenvalue weighted by molar-refractivity contribution is -0.149. The molecule has 200 valence electrons. The zero-order chi connectivity index (χ0) is 27.5. The number of H-pyrrole nitrogens is 1. The van der Waals surface area contributed by atoms with E-state index in [1.165, 1.54) is 18.7 Å². The molecule has 1 aromatic heterocycles. The van der Waals surface area contributed by atoms with E-state index in [1.807, 2.05) is 0 Å². The van der Waals surface area contributed by atoms with Crippen molar-refractivity contribution in [3.8, 4) is 0 Å². The molecule has 37 heavy (non-hydrogen) atoms. The molecule has 2 heterocycles. The van der Waals surface area contributed by atoms with Crippen molar-refractivity contribution in [1.82, 2.24) is 10.1 Å². The highest BCUT2D eigenvalue weighted by molar-refractivity contribution is 7.64. The first-order valence-electron chi connectivity index (χ1n) is 12.0. The summed E-state index contributed by atoms with van der Waals surface area (Å²) in [6.45, 7) is 10.5. The molecule has 0 bridgehead atoms. The van der Waals surface area contributed by atoms with E-state index >= 15 is 0 Å². The van der Waals surface area contributed by atoms with Crippen molar-refractivity contribution in [2.24, 2.45) is 0 Å². The van der Waals surface area contributed by atoms with Crippen molar-refractivity contribution in [1.29, 1.82) is 0 Å². The first-order valence-corrected chi connectivity index (χ1v) is 13.9. The minimum atomic E-state index is -3.81. The molecular weight excluding hydrogens is 497 g/mol. The lowest BCUT2D eigenvalue weighted by Crippen LogP contribution is -2.41. The third kappa shape index (κ3) is 5.71. The van der Waals surface area contributed by atoms with Crippen LogP contribution >= 0.6 is 7.44 Å². The van der Waals surface area contributed by atoms with E-state index in [4.69, 9.17) is 14.2 Å². The number of para-hydroxylation sites is 1. The highest BCUT2D eigenvalue weighted by atomic mass is 31.2. The van der Waals surface area contributed by atoms with E-state index in [-0.39, 0.29) is 24.6 Å². The molecule has 1 aromatic carbocycles. The van der Waals surface area contributed by atoms with Crippen LogP contribution in [0.3, 0.4) is 0 Å². The van der Waals surface area contributed by atoms with Gasteiger partial charge in [-0.15, -0.1) is 0 Å². The number of aromatic amines is 1. The Bertz CT molecular complexity index is 1280. The summed E-state index contributed by atoms with van der Waals surface area (Å²) in [5, 5.41) is 2.82. The van der Waals surface area contributed by atoms with E-state index in [1.54, 1.807) is 65.0 Å². The van der Waals surface area contributed by atoms with E-state index in [0.29, 0.717) is 33.8 Å². The number of hydrogen-bond donors (Lipinski definition) is 2. The minimum absolute atomic E-state index is 0.241. The molecule has 3 rings (SSSR count). The van der Waals surface area contributed by atoms with Crippen LogP contribution in [-0.4, -0.2) is 55.0 Å². The number of carbonyl (C=O) groups excluding carboxylic acids is 3. The summed E-state index contributed by atoms with van der Waals surface area (Å²) in [4.78, 5) is 41.9. The number of fused-ring (bicyclic) bond motifs is 1. The number of hydrogen-bond acceptors (Lipinski definition) is 7. The van der Waals surface area contributed by atoms with Crippen molar-refractivity contribution in [3.63, 3.8) is 0 Å². The molecule has 0 spiro atoms. The van der Waals surface area contributed by atoms with E-state index in [2.05, 4.69) is 10.1 Å². The molecule has 1 aliphatic heterocycles. The fourth-order valence-electron chi connectivity index (χ4n) is 4.27. The molecule has 1 amide bonds. The molecule has 2 aromatic rings. The van der Waals surface area contributed by atoms with Gasteiger partial charge in [0.05, 0.1) is 29.5 Å². The van der Waals surface area contributed by atoms with Crippen molar-refractivity contribution in [2.45, 2.75) is 53.7 Å². The van der Waals surface area contributed by atoms with Gasteiger partial charge in [-0.1, -0.05) is 18.2 Å². The Morgan fingerprint density at radius 1 is 1.19 bits per heavy atom. The van der Waals surface area contributed by atoms with Crippen LogP contribution in [0, 0.1) is 13.8 Å². The van der Waals surface area contributed by atoms with Crippen molar-refractivity contribution < 1.29 is 33.2 Å². The molecule has 0 fully saturated rings. The maximum atomic E-state index is 14.2. The minimum Gasteiger partial charge on any atom is -0.462 e. The highest BCUT2D eigenvalue weighted by Gasteiger charge is 2.45. The van der Waals surface area contributed by atoms with Gasteiger partial charge in [0.15, 0.2) is 0 Å². The van der Waals surface area contributed by atoms with Crippen LogP contribution in [0.5, 0.6) is 0 Å². The van der Waals surface area contributed by atoms with Crippen molar-refractivity contribution in [3.05, 3.63) is 52.3 Å². The number of benzene rings is 1. The van der Waals surface area contributed by atoms with Gasteiger partial charge in [-0.25, -0.2) is 14.6 Å². The van der Waals surface area contributed by atoms with Gasteiger partial charge in [-0.05, 0) is 59.2 Å². The molecule has 0 saturated heterocycles. The summed E-state index contributed by atoms with van der Waals surface area (Å²) >= 11 is 0. The van der Waals surface area contributed by atoms with Gasteiger partial charge in [-0.2, -0.15) is 0 Å². The molecule has 0 radical (unpaired) electrons. The summed E-state index contributed by atoms with van der Waals surface area (Å²) < 4.78 is 31.1. The molecule has 11 heteroatoms. The van der Waals surface area contributed by atoms with Gasteiger partial charge >= 0.3 is 11.9 Å². The number of ether oxygens (including phenoxy) is 3.